The van der Waals surface area contributed by atoms with Crippen LogP contribution in [0.4, 0.5) is 0 Å². The zero-order valence-corrected chi connectivity index (χ0v) is 8.60. The molecule has 2 rings (SSSR count). The quantitative estimate of drug-likeness (QED) is 0.657. The number of nitrogens with zero attached hydrogens (tertiary/aromatic N) is 3. The van der Waals surface area contributed by atoms with E-state index in [4.69, 9.17) is 0 Å². The number of hydrogen-bond acceptors (Lipinski definition) is 3. The van der Waals surface area contributed by atoms with E-state index >= 15 is 0 Å². The van der Waals surface area contributed by atoms with E-state index < -0.39 is 0 Å². The third-order valence-corrected chi connectivity index (χ3v) is 2.74. The predicted octanol–water partition coefficient (Wildman–Crippen LogP) is 0.962. The lowest BCUT2D eigenvalue weighted by atomic mass is 10.2. The minimum absolute atomic E-state index is 0.0945. The van der Waals surface area contributed by atoms with Crippen LogP contribution in [0.25, 0.3) is 0 Å². The molecule has 1 aromatic rings. The van der Waals surface area contributed by atoms with Crippen LogP contribution >= 0.6 is 0 Å². The highest BCUT2D eigenvalue weighted by Crippen LogP contribution is 2.21. The topological polar surface area (TPSA) is 38.1 Å². The average Bonchev–Trinajstić information content (AvgIpc) is 2.70. The minimum Gasteiger partial charge on any atom is -0.304 e. The highest BCUT2D eigenvalue weighted by molar-refractivity contribution is 5.92. The lowest BCUT2D eigenvalue weighted by molar-refractivity contribution is 0.100. The number of ketones is 1. The fraction of sp³-hybridized carbons (Fsp3) is 0.600. The molecule has 76 valence electrons. The number of Topliss-reactive ketones (excluding diaryl/α,β-unsaturated/α-hetero) is 1. The van der Waals surface area contributed by atoms with Crippen molar-refractivity contribution in [3.63, 3.8) is 0 Å². The molecular formula is C10H15N3O. The fourth-order valence-corrected chi connectivity index (χ4v) is 2.00. The van der Waals surface area contributed by atoms with Gasteiger partial charge in [0.2, 0.25) is 0 Å². The van der Waals surface area contributed by atoms with E-state index in [9.17, 15) is 4.79 Å². The summed E-state index contributed by atoms with van der Waals surface area (Å²) < 4.78 is 1.87. The molecule has 1 aromatic heterocycles. The molecule has 4 nitrogen and oxygen atoms in total. The molecule has 1 unspecified atom stereocenters. The van der Waals surface area contributed by atoms with Crippen LogP contribution in [0.3, 0.4) is 0 Å². The number of carbonyl (C=O) groups excluding carboxylic acids is 1. The molecule has 1 aliphatic rings. The second-order valence-electron chi connectivity index (χ2n) is 3.92. The molecule has 2 heterocycles. The maximum Gasteiger partial charge on any atom is 0.177 e. The number of aromatic nitrogens is 2. The van der Waals surface area contributed by atoms with E-state index in [1.54, 1.807) is 19.2 Å². The van der Waals surface area contributed by atoms with Gasteiger partial charge in [-0.05, 0) is 26.1 Å². The van der Waals surface area contributed by atoms with Crippen LogP contribution in [-0.2, 0) is 0 Å². The van der Waals surface area contributed by atoms with E-state index in [1.807, 2.05) is 4.68 Å². The van der Waals surface area contributed by atoms with E-state index in [1.165, 1.54) is 0 Å². The molecular weight excluding hydrogens is 178 g/mol. The Bertz CT molecular complexity index is 345. The van der Waals surface area contributed by atoms with Crippen LogP contribution in [0.1, 0.15) is 29.9 Å². The Labute approximate surface area is 83.5 Å². The standard InChI is InChI=1S/C10H15N3O/c1-8(14)10-3-5-11-13(10)9-4-6-12(2)7-9/h3,5,9H,4,6-7H2,1-2H3. The summed E-state index contributed by atoms with van der Waals surface area (Å²) in [5, 5.41) is 4.22. The average molecular weight is 193 g/mol. The molecule has 0 bridgehead atoms. The Balaban J connectivity index is 2.23. The Hall–Kier alpha value is -1.16. The summed E-state index contributed by atoms with van der Waals surface area (Å²) in [6, 6.07) is 2.16. The number of likely N-dealkylation sites (N-methyl/N-ethyl adjacent to an activating group) is 1. The SMILES string of the molecule is CC(=O)c1ccnn1C1CCN(C)C1. The first-order valence-corrected chi connectivity index (χ1v) is 4.91. The van der Waals surface area contributed by atoms with Crippen LogP contribution in [0.5, 0.6) is 0 Å². The summed E-state index contributed by atoms with van der Waals surface area (Å²) in [6.45, 7) is 3.66. The molecule has 1 aliphatic heterocycles. The fourth-order valence-electron chi connectivity index (χ4n) is 2.00. The Morgan fingerprint density at radius 3 is 3.00 bits per heavy atom. The van der Waals surface area contributed by atoms with Crippen LogP contribution in [0.15, 0.2) is 12.3 Å². The molecule has 0 aromatic carbocycles. The van der Waals surface area contributed by atoms with E-state index in [0.29, 0.717) is 6.04 Å². The van der Waals surface area contributed by atoms with Crippen LogP contribution in [-0.4, -0.2) is 40.6 Å². The van der Waals surface area contributed by atoms with E-state index in [-0.39, 0.29) is 5.78 Å². The molecule has 14 heavy (non-hydrogen) atoms. The summed E-state index contributed by atoms with van der Waals surface area (Å²) in [4.78, 5) is 13.6. The van der Waals surface area contributed by atoms with Gasteiger partial charge in [-0.25, -0.2) is 0 Å². The second-order valence-corrected chi connectivity index (χ2v) is 3.92. The summed E-state index contributed by atoms with van der Waals surface area (Å²) >= 11 is 0. The van der Waals surface area contributed by atoms with Crippen molar-refractivity contribution in [1.29, 1.82) is 0 Å². The first kappa shape index (κ1) is 9.40. The van der Waals surface area contributed by atoms with Crippen molar-refractivity contribution in [2.45, 2.75) is 19.4 Å². The number of hydrogen-bond donors (Lipinski definition) is 0. The van der Waals surface area contributed by atoms with Gasteiger partial charge in [-0.2, -0.15) is 5.10 Å². The third-order valence-electron chi connectivity index (χ3n) is 2.74. The van der Waals surface area contributed by atoms with Gasteiger partial charge in [-0.1, -0.05) is 0 Å². The molecule has 0 spiro atoms. The van der Waals surface area contributed by atoms with Gasteiger partial charge in [0.1, 0.15) is 5.69 Å². The van der Waals surface area contributed by atoms with Gasteiger partial charge in [-0.3, -0.25) is 9.48 Å². The predicted molar refractivity (Wildman–Crippen MR) is 53.4 cm³/mol. The van der Waals surface area contributed by atoms with Crippen LogP contribution in [0, 0.1) is 0 Å². The Kier molecular flexibility index (Phi) is 2.37. The highest BCUT2D eigenvalue weighted by atomic mass is 16.1. The lowest BCUT2D eigenvalue weighted by Gasteiger charge is -2.13. The molecule has 1 atom stereocenters. The molecule has 0 amide bonds. The van der Waals surface area contributed by atoms with Crippen molar-refractivity contribution in [3.8, 4) is 0 Å². The van der Waals surface area contributed by atoms with Gasteiger partial charge >= 0.3 is 0 Å². The van der Waals surface area contributed by atoms with E-state index in [2.05, 4.69) is 17.0 Å². The third kappa shape index (κ3) is 1.57. The Morgan fingerprint density at radius 2 is 2.43 bits per heavy atom. The Morgan fingerprint density at radius 1 is 1.64 bits per heavy atom. The molecule has 0 saturated carbocycles. The van der Waals surface area contributed by atoms with Gasteiger partial charge in [0.25, 0.3) is 0 Å². The number of rotatable bonds is 2. The van der Waals surface area contributed by atoms with Crippen molar-refractivity contribution in [1.82, 2.24) is 14.7 Å². The van der Waals surface area contributed by atoms with Crippen LogP contribution in [0.2, 0.25) is 0 Å². The first-order valence-electron chi connectivity index (χ1n) is 4.91. The summed E-state index contributed by atoms with van der Waals surface area (Å²) in [5.74, 6) is 0.0945. The van der Waals surface area contributed by atoms with Gasteiger partial charge in [0.15, 0.2) is 5.78 Å². The van der Waals surface area contributed by atoms with Crippen molar-refractivity contribution in [2.24, 2.45) is 0 Å². The molecule has 4 heteroatoms. The zero-order valence-electron chi connectivity index (χ0n) is 8.60. The minimum atomic E-state index is 0.0945. The smallest absolute Gasteiger partial charge is 0.177 e. The van der Waals surface area contributed by atoms with Crippen molar-refractivity contribution < 1.29 is 4.79 Å². The second kappa shape index (κ2) is 3.53. The number of likely N-dealkylation sites (tertiary alicyclic amines) is 1. The van der Waals surface area contributed by atoms with Crippen molar-refractivity contribution in [2.75, 3.05) is 20.1 Å². The maximum absolute atomic E-state index is 11.3. The summed E-state index contributed by atoms with van der Waals surface area (Å²) in [7, 11) is 2.09. The van der Waals surface area contributed by atoms with Gasteiger partial charge < -0.3 is 4.90 Å². The molecule has 1 saturated heterocycles. The number of carbonyl (C=O) groups is 1. The first-order chi connectivity index (χ1) is 6.68. The normalized spacial score (nSPS) is 22.9. The summed E-state index contributed by atoms with van der Waals surface area (Å²) in [5.41, 5.74) is 0.727. The zero-order chi connectivity index (χ0) is 10.1. The lowest BCUT2D eigenvalue weighted by Crippen LogP contribution is -2.19. The van der Waals surface area contributed by atoms with Crippen LogP contribution < -0.4 is 0 Å². The van der Waals surface area contributed by atoms with Crippen molar-refractivity contribution in [3.05, 3.63) is 18.0 Å². The van der Waals surface area contributed by atoms with Gasteiger partial charge in [0.05, 0.1) is 6.04 Å². The maximum atomic E-state index is 11.3. The highest BCUT2D eigenvalue weighted by Gasteiger charge is 2.24. The monoisotopic (exact) mass is 193 g/mol. The van der Waals surface area contributed by atoms with Gasteiger partial charge in [0, 0.05) is 19.7 Å². The summed E-state index contributed by atoms with van der Waals surface area (Å²) in [6.07, 6.45) is 2.79. The largest absolute Gasteiger partial charge is 0.304 e. The molecule has 0 N–H and O–H groups in total. The molecule has 0 radical (unpaired) electrons. The molecule has 1 fully saturated rings. The van der Waals surface area contributed by atoms with Crippen molar-refractivity contribution >= 4 is 5.78 Å². The molecule has 0 aliphatic carbocycles. The van der Waals surface area contributed by atoms with Gasteiger partial charge in [-0.15, -0.1) is 0 Å². The van der Waals surface area contributed by atoms with E-state index in [0.717, 1.165) is 25.2 Å².